The Kier molecular flexibility index (Phi) is 9.33. The van der Waals surface area contributed by atoms with Gasteiger partial charge in [-0.1, -0.05) is 6.58 Å². The fourth-order valence-electron chi connectivity index (χ4n) is 4.98. The van der Waals surface area contributed by atoms with Gasteiger partial charge >= 0.3 is 12.7 Å². The second-order valence-corrected chi connectivity index (χ2v) is 9.97. The van der Waals surface area contributed by atoms with Gasteiger partial charge in [0, 0.05) is 11.1 Å². The number of anilines is 1. The molecule has 1 aliphatic carbocycles. The van der Waals surface area contributed by atoms with Gasteiger partial charge in [-0.15, -0.1) is 13.2 Å². The normalized spacial score (nSPS) is 12.8. The Labute approximate surface area is 269 Å². The van der Waals surface area contributed by atoms with Gasteiger partial charge in [0.25, 0.3) is 0 Å². The van der Waals surface area contributed by atoms with E-state index in [4.69, 9.17) is 0 Å². The second kappa shape index (κ2) is 12.9. The number of nitrogens with one attached hydrogen (secondary N) is 1. The molecule has 0 bridgehead atoms. The molecule has 0 aliphatic heterocycles. The molecule has 3 aromatic carbocycles. The number of ether oxygens (including phenoxy) is 1. The molecule has 0 saturated carbocycles. The number of halogens is 10. The van der Waals surface area contributed by atoms with Crippen molar-refractivity contribution >= 4 is 22.4 Å². The van der Waals surface area contributed by atoms with Crippen LogP contribution < -0.4 is 10.1 Å². The molecule has 3 aromatic rings. The van der Waals surface area contributed by atoms with Crippen LogP contribution >= 0.6 is 0 Å². The van der Waals surface area contributed by atoms with Crippen molar-refractivity contribution in [2.75, 3.05) is 5.32 Å². The van der Waals surface area contributed by atoms with Crippen LogP contribution in [0, 0.1) is 68.6 Å². The van der Waals surface area contributed by atoms with Crippen LogP contribution in [0.5, 0.6) is 5.75 Å². The van der Waals surface area contributed by atoms with E-state index >= 15 is 0 Å². The molecule has 0 spiro atoms. The van der Waals surface area contributed by atoms with Crippen molar-refractivity contribution in [3.8, 4) is 41.2 Å². The maximum atomic E-state index is 14.7. The first-order valence-corrected chi connectivity index (χ1v) is 13.1. The first kappa shape index (κ1) is 35.3. The molecule has 0 aromatic heterocycles. The van der Waals surface area contributed by atoms with E-state index in [-0.39, 0.29) is 44.5 Å². The molecule has 0 fully saturated rings. The van der Waals surface area contributed by atoms with Crippen molar-refractivity contribution in [2.24, 2.45) is 0 Å². The first-order valence-electron chi connectivity index (χ1n) is 13.1. The van der Waals surface area contributed by atoms with Gasteiger partial charge in [0.1, 0.15) is 35.0 Å². The number of alkyl halides is 6. The average Bonchev–Trinajstić information content (AvgIpc) is 3.27. The number of nitriles is 4. The third-order valence-corrected chi connectivity index (χ3v) is 6.99. The Balaban J connectivity index is 1.99. The van der Waals surface area contributed by atoms with Crippen LogP contribution in [0.4, 0.5) is 49.6 Å². The van der Waals surface area contributed by atoms with Crippen molar-refractivity contribution in [1.29, 1.82) is 21.0 Å². The maximum Gasteiger partial charge on any atom is 0.573 e. The number of rotatable bonds is 6. The van der Waals surface area contributed by atoms with Crippen molar-refractivity contribution < 1.29 is 48.6 Å². The fraction of sp³-hybridized carbons (Fsp3) is 0.0909. The molecule has 1 N–H and O–H groups in total. The van der Waals surface area contributed by atoms with Gasteiger partial charge < -0.3 is 4.74 Å². The molecule has 1 aliphatic rings. The summed E-state index contributed by atoms with van der Waals surface area (Å²) in [4.78, 5) is 0. The highest BCUT2D eigenvalue weighted by Crippen LogP contribution is 2.47. The Morgan fingerprint density at radius 3 is 1.82 bits per heavy atom. The van der Waals surface area contributed by atoms with Crippen LogP contribution in [-0.2, 0) is 0 Å². The summed E-state index contributed by atoms with van der Waals surface area (Å²) in [6, 6.07) is 10.9. The van der Waals surface area contributed by atoms with Gasteiger partial charge in [0.15, 0.2) is 11.6 Å². The number of nitrogens with zero attached hydrogens (tertiary/aromatic N) is 4. The van der Waals surface area contributed by atoms with E-state index in [9.17, 15) is 65.0 Å². The zero-order valence-corrected chi connectivity index (χ0v) is 24.2. The Morgan fingerprint density at radius 1 is 0.776 bits per heavy atom. The summed E-state index contributed by atoms with van der Waals surface area (Å²) in [6.07, 6.45) is -9.59. The summed E-state index contributed by atoms with van der Waals surface area (Å²) in [5.74, 6) is -8.76. The van der Waals surface area contributed by atoms with Crippen molar-refractivity contribution in [1.82, 2.24) is 0 Å². The van der Waals surface area contributed by atoms with E-state index in [1.807, 2.05) is 0 Å². The third kappa shape index (κ3) is 7.09. The summed E-state index contributed by atoms with van der Waals surface area (Å²) in [5, 5.41) is 39.8. The highest BCUT2D eigenvalue weighted by molar-refractivity contribution is 6.07. The summed E-state index contributed by atoms with van der Waals surface area (Å²) in [5.41, 5.74) is -4.38. The minimum atomic E-state index is -5.46. The number of hydrogen-bond acceptors (Lipinski definition) is 6. The molecule has 4 rings (SSSR count). The van der Waals surface area contributed by atoms with Crippen LogP contribution in [0.25, 0.3) is 27.8 Å². The number of allylic oxidation sites excluding steroid dienone is 7. The van der Waals surface area contributed by atoms with Crippen LogP contribution in [-0.4, -0.2) is 12.7 Å². The Hall–Kier alpha value is -6.52. The second-order valence-electron chi connectivity index (χ2n) is 9.97. The lowest BCUT2D eigenvalue weighted by molar-refractivity contribution is -0.276. The zero-order valence-electron chi connectivity index (χ0n) is 24.2. The Morgan fingerprint density at radius 2 is 1.35 bits per heavy atom. The molecule has 0 atom stereocenters. The van der Waals surface area contributed by atoms with Gasteiger partial charge in [-0.2, -0.15) is 34.2 Å². The van der Waals surface area contributed by atoms with E-state index in [1.165, 1.54) is 13.0 Å². The number of hydrogen-bond donors (Lipinski definition) is 1. The van der Waals surface area contributed by atoms with Crippen LogP contribution in [0.2, 0.25) is 0 Å². The summed E-state index contributed by atoms with van der Waals surface area (Å²) in [7, 11) is 0. The molecule has 0 radical (unpaired) electrons. The molecule has 6 nitrogen and oxygen atoms in total. The lowest BCUT2D eigenvalue weighted by Gasteiger charge is -2.15. The third-order valence-electron chi connectivity index (χ3n) is 6.99. The quantitative estimate of drug-likeness (QED) is 0.120. The van der Waals surface area contributed by atoms with Gasteiger partial charge in [0.05, 0.1) is 23.3 Å². The zero-order chi connectivity index (χ0) is 36.6. The van der Waals surface area contributed by atoms with E-state index < -0.39 is 69.6 Å². The molecule has 0 amide bonds. The highest BCUT2D eigenvalue weighted by Gasteiger charge is 2.35. The van der Waals surface area contributed by atoms with Crippen LogP contribution in [0.1, 0.15) is 29.2 Å². The van der Waals surface area contributed by atoms with Gasteiger partial charge in [0.2, 0.25) is 5.75 Å². The lowest BCUT2D eigenvalue weighted by Crippen LogP contribution is -2.22. The van der Waals surface area contributed by atoms with E-state index in [2.05, 4.69) is 11.3 Å². The predicted octanol–water partition coefficient (Wildman–Crippen LogP) is 9.36. The average molecular weight is 685 g/mol. The molecule has 0 saturated heterocycles. The van der Waals surface area contributed by atoms with Crippen molar-refractivity contribution in [3.63, 3.8) is 0 Å². The monoisotopic (exact) mass is 685 g/mol. The van der Waals surface area contributed by atoms with Crippen LogP contribution in [0.15, 0.2) is 65.8 Å². The predicted molar refractivity (Wildman–Crippen MR) is 153 cm³/mol. The topological polar surface area (TPSA) is 116 Å². The summed E-state index contributed by atoms with van der Waals surface area (Å²) in [6.45, 7) is 4.91. The standard InChI is InChI=1S/C33H13F10N5O/c1-14(10-44)20(16-6-27(36)31(28(37)7-16)49-33(41,42)43)8-22-15(2)21-3-18(11-45)23(9-24(21)29(22)19(12-46)13-47)17-4-25(34)30(26(35)5-17)48-32(38,39)40/h3-9,48H,1H2,2H3/b20-8+. The molecule has 16 heteroatoms. The van der Waals surface area contributed by atoms with E-state index in [0.29, 0.717) is 24.3 Å². The minimum Gasteiger partial charge on any atom is -0.399 e. The number of fused-ring (bicyclic) bond motifs is 1. The smallest absolute Gasteiger partial charge is 0.399 e. The van der Waals surface area contributed by atoms with E-state index in [1.54, 1.807) is 24.3 Å². The molecule has 246 valence electrons. The fourth-order valence-corrected chi connectivity index (χ4v) is 4.98. The molecule has 0 unspecified atom stereocenters. The molecule has 0 heterocycles. The summed E-state index contributed by atoms with van der Waals surface area (Å²) >= 11 is 0. The van der Waals surface area contributed by atoms with Crippen molar-refractivity contribution in [3.05, 3.63) is 111 Å². The van der Waals surface area contributed by atoms with Crippen LogP contribution in [0.3, 0.4) is 0 Å². The summed E-state index contributed by atoms with van der Waals surface area (Å²) < 4.78 is 139. The first-order chi connectivity index (χ1) is 22.8. The SMILES string of the molecule is C=C(C#N)/C(=C\C1=C(C)c2cc(C#N)c(-c3cc(F)c(NC(F)(F)F)c(F)c3)cc2C1=C(C#N)C#N)c1cc(F)c(OC(F)(F)F)c(F)c1. The molecule has 49 heavy (non-hydrogen) atoms. The van der Waals surface area contributed by atoms with E-state index in [0.717, 1.165) is 17.5 Å². The maximum absolute atomic E-state index is 14.7. The molecular formula is C33H13F10N5O. The van der Waals surface area contributed by atoms with Gasteiger partial charge in [-0.25, -0.2) is 17.6 Å². The lowest BCUT2D eigenvalue weighted by atomic mass is 9.90. The van der Waals surface area contributed by atoms with Crippen molar-refractivity contribution in [2.45, 2.75) is 19.6 Å². The highest BCUT2D eigenvalue weighted by atomic mass is 19.4. The largest absolute Gasteiger partial charge is 0.573 e. The molecular weight excluding hydrogens is 672 g/mol. The number of benzene rings is 3. The minimum absolute atomic E-state index is 0.0117. The van der Waals surface area contributed by atoms with Gasteiger partial charge in [-0.3, -0.25) is 5.32 Å². The van der Waals surface area contributed by atoms with Gasteiger partial charge in [-0.05, 0) is 88.4 Å². The Bertz CT molecular complexity index is 2150.